The lowest BCUT2D eigenvalue weighted by Crippen LogP contribution is -2.27. The minimum Gasteiger partial charge on any atom is -0.349 e. The van der Waals surface area contributed by atoms with Gasteiger partial charge in [0.25, 0.3) is 17.2 Å². The zero-order chi connectivity index (χ0) is 19.6. The van der Waals surface area contributed by atoms with Crippen LogP contribution in [0, 0.1) is 10.1 Å². The van der Waals surface area contributed by atoms with Crippen LogP contribution in [-0.4, -0.2) is 27.3 Å². The molecule has 1 aromatic carbocycles. The molecular weight excluding hydrogens is 376 g/mol. The summed E-state index contributed by atoms with van der Waals surface area (Å²) in [6.07, 6.45) is 2.91. The van der Waals surface area contributed by atoms with Crippen LogP contribution < -0.4 is 16.2 Å². The van der Waals surface area contributed by atoms with E-state index in [0.717, 1.165) is 35.7 Å². The summed E-state index contributed by atoms with van der Waals surface area (Å²) >= 11 is 6.11. The number of hydrogen-bond acceptors (Lipinski definition) is 5. The van der Waals surface area contributed by atoms with Gasteiger partial charge in [0, 0.05) is 23.9 Å². The van der Waals surface area contributed by atoms with E-state index >= 15 is 0 Å². The predicted octanol–water partition coefficient (Wildman–Crippen LogP) is 1.94. The van der Waals surface area contributed by atoms with Gasteiger partial charge < -0.3 is 10.6 Å². The minimum absolute atomic E-state index is 0.179. The van der Waals surface area contributed by atoms with Crippen molar-refractivity contribution in [2.24, 2.45) is 0 Å². The van der Waals surface area contributed by atoms with Gasteiger partial charge in [0.1, 0.15) is 6.54 Å². The number of pyridine rings is 1. The van der Waals surface area contributed by atoms with Gasteiger partial charge >= 0.3 is 0 Å². The standard InChI is InChI=1S/C17H15ClN4O5/c18-14-7-11(3-5-13(14)17(25)20-10-1-2-10)19-15(23)9-21-8-12(22(26)27)4-6-16(21)24/h3-8,10H,1-2,9H2,(H,19,23)(H,20,25). The summed E-state index contributed by atoms with van der Waals surface area (Å²) in [7, 11) is 0. The van der Waals surface area contributed by atoms with Crippen molar-refractivity contribution in [3.05, 3.63) is 67.6 Å². The molecule has 1 saturated carbocycles. The molecule has 10 heteroatoms. The van der Waals surface area contributed by atoms with Gasteiger partial charge in [0.2, 0.25) is 5.91 Å². The quantitative estimate of drug-likeness (QED) is 0.576. The fraction of sp³-hybridized carbons (Fsp3) is 0.235. The molecule has 0 saturated heterocycles. The van der Waals surface area contributed by atoms with Crippen molar-refractivity contribution in [1.29, 1.82) is 0 Å². The van der Waals surface area contributed by atoms with Gasteiger partial charge in [-0.15, -0.1) is 0 Å². The van der Waals surface area contributed by atoms with Crippen LogP contribution >= 0.6 is 11.6 Å². The zero-order valence-electron chi connectivity index (χ0n) is 14.0. The van der Waals surface area contributed by atoms with E-state index in [0.29, 0.717) is 11.3 Å². The molecule has 140 valence electrons. The van der Waals surface area contributed by atoms with Crippen LogP contribution in [0.4, 0.5) is 11.4 Å². The molecule has 3 rings (SSSR count). The average molecular weight is 391 g/mol. The number of aromatic nitrogens is 1. The highest BCUT2D eigenvalue weighted by atomic mass is 35.5. The van der Waals surface area contributed by atoms with Gasteiger partial charge in [0.15, 0.2) is 0 Å². The van der Waals surface area contributed by atoms with Crippen molar-refractivity contribution in [3.63, 3.8) is 0 Å². The summed E-state index contributed by atoms with van der Waals surface area (Å²) in [4.78, 5) is 46.0. The SMILES string of the molecule is O=C(Cn1cc([N+](=O)[O-])ccc1=O)Nc1ccc(C(=O)NC2CC2)c(Cl)c1. The molecule has 1 aliphatic carbocycles. The third-order valence-corrected chi connectivity index (χ3v) is 4.22. The molecule has 1 fully saturated rings. The van der Waals surface area contributed by atoms with E-state index in [4.69, 9.17) is 11.6 Å². The molecule has 0 unspecified atom stereocenters. The van der Waals surface area contributed by atoms with Crippen LogP contribution in [-0.2, 0) is 11.3 Å². The molecule has 9 nitrogen and oxygen atoms in total. The van der Waals surface area contributed by atoms with Crippen LogP contribution in [0.1, 0.15) is 23.2 Å². The van der Waals surface area contributed by atoms with Crippen LogP contribution in [0.15, 0.2) is 41.3 Å². The number of nitro groups is 1. The number of nitrogens with one attached hydrogen (secondary N) is 2. The maximum absolute atomic E-state index is 12.1. The second-order valence-electron chi connectivity index (χ2n) is 6.10. The molecule has 2 amide bonds. The summed E-state index contributed by atoms with van der Waals surface area (Å²) in [5, 5.41) is 16.3. The molecule has 0 spiro atoms. The van der Waals surface area contributed by atoms with E-state index in [1.807, 2.05) is 0 Å². The number of nitrogens with zero attached hydrogens (tertiary/aromatic N) is 2. The number of carbonyl (C=O) groups is 2. The normalized spacial score (nSPS) is 13.1. The molecule has 27 heavy (non-hydrogen) atoms. The van der Waals surface area contributed by atoms with Gasteiger partial charge in [-0.2, -0.15) is 0 Å². The van der Waals surface area contributed by atoms with Crippen LogP contribution in [0.5, 0.6) is 0 Å². The Kier molecular flexibility index (Phi) is 5.22. The lowest BCUT2D eigenvalue weighted by Gasteiger charge is -2.10. The third-order valence-electron chi connectivity index (χ3n) is 3.90. The molecule has 0 radical (unpaired) electrons. The van der Waals surface area contributed by atoms with Crippen molar-refractivity contribution in [2.75, 3.05) is 5.32 Å². The molecule has 0 bridgehead atoms. The fourth-order valence-corrected chi connectivity index (χ4v) is 2.64. The smallest absolute Gasteiger partial charge is 0.285 e. The van der Waals surface area contributed by atoms with Crippen molar-refractivity contribution in [2.45, 2.75) is 25.4 Å². The lowest BCUT2D eigenvalue weighted by molar-refractivity contribution is -0.385. The monoisotopic (exact) mass is 390 g/mol. The highest BCUT2D eigenvalue weighted by molar-refractivity contribution is 6.34. The fourth-order valence-electron chi connectivity index (χ4n) is 2.37. The molecule has 2 aromatic rings. The Balaban J connectivity index is 1.68. The minimum atomic E-state index is -0.654. The highest BCUT2D eigenvalue weighted by Gasteiger charge is 2.24. The van der Waals surface area contributed by atoms with E-state index in [-0.39, 0.29) is 22.7 Å². The molecule has 1 heterocycles. The first-order chi connectivity index (χ1) is 12.8. The Hall–Kier alpha value is -3.20. The second-order valence-corrected chi connectivity index (χ2v) is 6.51. The zero-order valence-corrected chi connectivity index (χ0v) is 14.7. The van der Waals surface area contributed by atoms with E-state index in [2.05, 4.69) is 10.6 Å². The van der Waals surface area contributed by atoms with Crippen molar-refractivity contribution in [3.8, 4) is 0 Å². The number of rotatable bonds is 6. The number of halogens is 1. The van der Waals surface area contributed by atoms with Crippen molar-refractivity contribution >= 4 is 34.8 Å². The first-order valence-electron chi connectivity index (χ1n) is 8.08. The van der Waals surface area contributed by atoms with E-state index in [1.165, 1.54) is 18.2 Å². The molecule has 1 aliphatic rings. The van der Waals surface area contributed by atoms with Gasteiger partial charge in [-0.3, -0.25) is 29.1 Å². The Morgan fingerprint density at radius 2 is 2.00 bits per heavy atom. The average Bonchev–Trinajstić information content (AvgIpc) is 3.40. The molecule has 1 aromatic heterocycles. The van der Waals surface area contributed by atoms with Crippen LogP contribution in [0.2, 0.25) is 5.02 Å². The van der Waals surface area contributed by atoms with Crippen molar-refractivity contribution in [1.82, 2.24) is 9.88 Å². The molecule has 2 N–H and O–H groups in total. The van der Waals surface area contributed by atoms with Crippen LogP contribution in [0.25, 0.3) is 0 Å². The Morgan fingerprint density at radius 1 is 1.26 bits per heavy atom. The summed E-state index contributed by atoms with van der Waals surface area (Å²) in [6, 6.07) is 6.73. The van der Waals surface area contributed by atoms with Gasteiger partial charge in [-0.05, 0) is 31.0 Å². The van der Waals surface area contributed by atoms with E-state index < -0.39 is 22.9 Å². The molecule has 0 aliphatic heterocycles. The number of anilines is 1. The van der Waals surface area contributed by atoms with Gasteiger partial charge in [-0.25, -0.2) is 0 Å². The maximum Gasteiger partial charge on any atom is 0.285 e. The number of amides is 2. The Morgan fingerprint density at radius 3 is 2.63 bits per heavy atom. The van der Waals surface area contributed by atoms with Crippen LogP contribution in [0.3, 0.4) is 0 Å². The van der Waals surface area contributed by atoms with Crippen molar-refractivity contribution < 1.29 is 14.5 Å². The Bertz CT molecular complexity index is 984. The second kappa shape index (κ2) is 7.58. The summed E-state index contributed by atoms with van der Waals surface area (Å²) < 4.78 is 0.937. The van der Waals surface area contributed by atoms with E-state index in [9.17, 15) is 24.5 Å². The first-order valence-corrected chi connectivity index (χ1v) is 8.46. The first kappa shape index (κ1) is 18.6. The number of hydrogen-bond donors (Lipinski definition) is 2. The van der Waals surface area contributed by atoms with Gasteiger partial charge in [-0.1, -0.05) is 11.6 Å². The predicted molar refractivity (Wildman–Crippen MR) is 97.9 cm³/mol. The largest absolute Gasteiger partial charge is 0.349 e. The Labute approximate surface area is 158 Å². The summed E-state index contributed by atoms with van der Waals surface area (Å²) in [5.41, 5.74) is -0.194. The molecular formula is C17H15ClN4O5. The topological polar surface area (TPSA) is 123 Å². The maximum atomic E-state index is 12.1. The summed E-state index contributed by atoms with van der Waals surface area (Å²) in [6.45, 7) is -0.401. The third kappa shape index (κ3) is 4.70. The van der Waals surface area contributed by atoms with Gasteiger partial charge in [0.05, 0.1) is 21.7 Å². The lowest BCUT2D eigenvalue weighted by atomic mass is 10.2. The number of benzene rings is 1. The summed E-state index contributed by atoms with van der Waals surface area (Å²) in [5.74, 6) is -0.840. The van der Waals surface area contributed by atoms with E-state index in [1.54, 1.807) is 0 Å². The highest BCUT2D eigenvalue weighted by Crippen LogP contribution is 2.24. The molecule has 0 atom stereocenters. The number of carbonyl (C=O) groups excluding carboxylic acids is 2.